The van der Waals surface area contributed by atoms with E-state index in [0.29, 0.717) is 29.1 Å². The molecule has 0 fully saturated rings. The highest BCUT2D eigenvalue weighted by Crippen LogP contribution is 2.31. The Morgan fingerprint density at radius 3 is 2.76 bits per heavy atom. The molecule has 0 spiro atoms. The minimum Gasteiger partial charge on any atom is -0.478 e. The van der Waals surface area contributed by atoms with Crippen molar-refractivity contribution in [3.8, 4) is 0 Å². The highest BCUT2D eigenvalue weighted by molar-refractivity contribution is 5.94. The number of carbonyl (C=O) groups is 1. The van der Waals surface area contributed by atoms with Crippen LogP contribution in [0.1, 0.15) is 40.1 Å². The quantitative estimate of drug-likeness (QED) is 0.461. The maximum atomic E-state index is 13.1. The predicted octanol–water partition coefficient (Wildman–Crippen LogP) is 4.79. The number of aromatic carboxylic acids is 1. The monoisotopic (exact) mass is 443 g/mol. The van der Waals surface area contributed by atoms with Gasteiger partial charge in [0.15, 0.2) is 11.3 Å². The lowest BCUT2D eigenvalue weighted by molar-refractivity contribution is 0.0698. The zero-order chi connectivity index (χ0) is 23.1. The summed E-state index contributed by atoms with van der Waals surface area (Å²) in [5.74, 6) is -0.453. The van der Waals surface area contributed by atoms with Crippen LogP contribution in [0, 0.1) is 6.92 Å². The maximum absolute atomic E-state index is 13.1. The van der Waals surface area contributed by atoms with Crippen LogP contribution >= 0.6 is 0 Å². The standard InChI is InChI=1S/C26H25N3O4/c1-16-12-20(17(2)27-22-8-4-3-7-19(22)26(31)32)25-21(13-16)23(30)14-24(33-25)29-11-10-28-9-5-6-18(28)15-29/h3-9,12-14,17,27H,10-11,15H2,1-2H3,(H,31,32). The Morgan fingerprint density at radius 1 is 1.12 bits per heavy atom. The summed E-state index contributed by atoms with van der Waals surface area (Å²) in [4.78, 5) is 26.8. The Labute approximate surface area is 190 Å². The molecule has 2 N–H and O–H groups in total. The van der Waals surface area contributed by atoms with Gasteiger partial charge in [-0.2, -0.15) is 0 Å². The highest BCUT2D eigenvalue weighted by atomic mass is 16.4. The molecule has 0 bridgehead atoms. The summed E-state index contributed by atoms with van der Waals surface area (Å²) in [6, 6.07) is 16.0. The molecule has 0 radical (unpaired) electrons. The van der Waals surface area contributed by atoms with Gasteiger partial charge in [-0.05, 0) is 49.7 Å². The molecule has 1 aliphatic rings. The smallest absolute Gasteiger partial charge is 0.337 e. The molecule has 4 aromatic rings. The van der Waals surface area contributed by atoms with Crippen LogP contribution < -0.4 is 15.6 Å². The Balaban J connectivity index is 1.56. The topological polar surface area (TPSA) is 87.7 Å². The molecular formula is C26H25N3O4. The van der Waals surface area contributed by atoms with E-state index in [1.165, 1.54) is 5.69 Å². The third kappa shape index (κ3) is 3.86. The molecule has 5 rings (SSSR count). The van der Waals surface area contributed by atoms with Gasteiger partial charge < -0.3 is 24.3 Å². The van der Waals surface area contributed by atoms with E-state index in [1.807, 2.05) is 32.0 Å². The van der Waals surface area contributed by atoms with Crippen LogP contribution in [0.15, 0.2) is 70.0 Å². The lowest BCUT2D eigenvalue weighted by Gasteiger charge is -2.29. The first kappa shape index (κ1) is 20.9. The van der Waals surface area contributed by atoms with Crippen molar-refractivity contribution in [3.05, 3.63) is 93.4 Å². The Bertz CT molecular complexity index is 1420. The molecule has 168 valence electrons. The molecule has 3 heterocycles. The third-order valence-corrected chi connectivity index (χ3v) is 6.18. The van der Waals surface area contributed by atoms with Crippen LogP contribution in [-0.2, 0) is 13.1 Å². The van der Waals surface area contributed by atoms with Gasteiger partial charge in [-0.1, -0.05) is 18.2 Å². The predicted molar refractivity (Wildman–Crippen MR) is 128 cm³/mol. The van der Waals surface area contributed by atoms with Crippen LogP contribution in [0.2, 0.25) is 0 Å². The van der Waals surface area contributed by atoms with Gasteiger partial charge in [0.2, 0.25) is 0 Å². The number of para-hydroxylation sites is 1. The molecule has 2 aromatic heterocycles. The van der Waals surface area contributed by atoms with E-state index >= 15 is 0 Å². The second kappa shape index (κ2) is 8.16. The summed E-state index contributed by atoms with van der Waals surface area (Å²) in [7, 11) is 0. The molecule has 0 amide bonds. The van der Waals surface area contributed by atoms with Gasteiger partial charge in [0.1, 0.15) is 5.58 Å². The van der Waals surface area contributed by atoms with Crippen molar-refractivity contribution >= 4 is 28.5 Å². The van der Waals surface area contributed by atoms with Crippen LogP contribution in [0.4, 0.5) is 11.6 Å². The summed E-state index contributed by atoms with van der Waals surface area (Å²) in [6.07, 6.45) is 2.06. The Hall–Kier alpha value is -4.00. The molecule has 1 atom stereocenters. The van der Waals surface area contributed by atoms with Gasteiger partial charge in [0, 0.05) is 42.3 Å². The fraction of sp³-hybridized carbons (Fsp3) is 0.231. The number of aryl methyl sites for hydroxylation is 1. The second-order valence-electron chi connectivity index (χ2n) is 8.51. The Morgan fingerprint density at radius 2 is 1.94 bits per heavy atom. The van der Waals surface area contributed by atoms with E-state index in [2.05, 4.69) is 27.0 Å². The number of nitrogens with zero attached hydrogens (tertiary/aromatic N) is 2. The second-order valence-corrected chi connectivity index (χ2v) is 8.51. The largest absolute Gasteiger partial charge is 0.478 e. The van der Waals surface area contributed by atoms with E-state index in [0.717, 1.165) is 24.2 Å². The van der Waals surface area contributed by atoms with Crippen molar-refractivity contribution in [1.82, 2.24) is 4.57 Å². The van der Waals surface area contributed by atoms with E-state index in [1.54, 1.807) is 30.3 Å². The van der Waals surface area contributed by atoms with Crippen molar-refractivity contribution in [2.75, 3.05) is 16.8 Å². The number of carboxylic acid groups (broad SMARTS) is 1. The molecule has 33 heavy (non-hydrogen) atoms. The summed E-state index contributed by atoms with van der Waals surface area (Å²) < 4.78 is 8.56. The van der Waals surface area contributed by atoms with E-state index in [-0.39, 0.29) is 17.0 Å². The molecule has 7 nitrogen and oxygen atoms in total. The summed E-state index contributed by atoms with van der Waals surface area (Å²) >= 11 is 0. The zero-order valence-electron chi connectivity index (χ0n) is 18.5. The molecule has 7 heteroatoms. The average Bonchev–Trinajstić information content (AvgIpc) is 3.27. The minimum absolute atomic E-state index is 0.0877. The SMILES string of the molecule is Cc1cc(C(C)Nc2ccccc2C(=O)O)c2oc(N3CCn4cccc4C3)cc(=O)c2c1. The lowest BCUT2D eigenvalue weighted by Crippen LogP contribution is -2.33. The van der Waals surface area contributed by atoms with Crippen molar-refractivity contribution in [2.24, 2.45) is 0 Å². The molecule has 1 unspecified atom stereocenters. The molecular weight excluding hydrogens is 418 g/mol. The number of aromatic nitrogens is 1. The van der Waals surface area contributed by atoms with Crippen LogP contribution in [-0.4, -0.2) is 22.2 Å². The average molecular weight is 444 g/mol. The number of hydrogen-bond donors (Lipinski definition) is 2. The molecule has 0 saturated carbocycles. The first-order valence-electron chi connectivity index (χ1n) is 11.0. The first-order valence-corrected chi connectivity index (χ1v) is 11.0. The fourth-order valence-corrected chi connectivity index (χ4v) is 4.51. The third-order valence-electron chi connectivity index (χ3n) is 6.18. The number of nitrogens with one attached hydrogen (secondary N) is 1. The zero-order valence-corrected chi connectivity index (χ0v) is 18.5. The minimum atomic E-state index is -0.997. The first-order chi connectivity index (χ1) is 15.9. The number of carboxylic acids is 1. The van der Waals surface area contributed by atoms with Crippen molar-refractivity contribution in [2.45, 2.75) is 33.0 Å². The van der Waals surface area contributed by atoms with Gasteiger partial charge in [-0.3, -0.25) is 4.79 Å². The molecule has 1 aliphatic heterocycles. The van der Waals surface area contributed by atoms with Gasteiger partial charge >= 0.3 is 5.97 Å². The van der Waals surface area contributed by atoms with Gasteiger partial charge in [0.05, 0.1) is 23.5 Å². The van der Waals surface area contributed by atoms with Gasteiger partial charge in [-0.25, -0.2) is 4.79 Å². The van der Waals surface area contributed by atoms with E-state index in [9.17, 15) is 14.7 Å². The number of anilines is 2. The lowest BCUT2D eigenvalue weighted by atomic mass is 10.0. The highest BCUT2D eigenvalue weighted by Gasteiger charge is 2.22. The summed E-state index contributed by atoms with van der Waals surface area (Å²) in [6.45, 7) is 6.12. The van der Waals surface area contributed by atoms with Crippen LogP contribution in [0.5, 0.6) is 0 Å². The summed E-state index contributed by atoms with van der Waals surface area (Å²) in [5, 5.41) is 13.3. The number of hydrogen-bond acceptors (Lipinski definition) is 5. The number of benzene rings is 2. The van der Waals surface area contributed by atoms with Crippen LogP contribution in [0.25, 0.3) is 11.0 Å². The van der Waals surface area contributed by atoms with Crippen molar-refractivity contribution < 1.29 is 14.3 Å². The van der Waals surface area contributed by atoms with E-state index in [4.69, 9.17) is 4.42 Å². The number of rotatable bonds is 5. The Kier molecular flexibility index (Phi) is 5.17. The number of fused-ring (bicyclic) bond motifs is 2. The summed E-state index contributed by atoms with van der Waals surface area (Å²) in [5.41, 5.74) is 4.07. The molecule has 0 aliphatic carbocycles. The van der Waals surface area contributed by atoms with E-state index < -0.39 is 5.97 Å². The van der Waals surface area contributed by atoms with Gasteiger partial charge in [0.25, 0.3) is 0 Å². The molecule has 2 aromatic carbocycles. The van der Waals surface area contributed by atoms with Crippen molar-refractivity contribution in [1.29, 1.82) is 0 Å². The van der Waals surface area contributed by atoms with Crippen LogP contribution in [0.3, 0.4) is 0 Å². The van der Waals surface area contributed by atoms with Gasteiger partial charge in [-0.15, -0.1) is 0 Å². The fourth-order valence-electron chi connectivity index (χ4n) is 4.51. The molecule has 0 saturated heterocycles. The maximum Gasteiger partial charge on any atom is 0.337 e. The normalized spacial score (nSPS) is 14.2. The van der Waals surface area contributed by atoms with Crippen molar-refractivity contribution in [3.63, 3.8) is 0 Å².